The number of ether oxygens (including phenoxy) is 1. The number of carbonyl (C=O) groups excluding carboxylic acids is 1. The number of pyridine rings is 1. The Morgan fingerprint density at radius 2 is 2.31 bits per heavy atom. The van der Waals surface area contributed by atoms with Gasteiger partial charge in [0.1, 0.15) is 5.15 Å². The summed E-state index contributed by atoms with van der Waals surface area (Å²) in [5.41, 5.74) is -0.118. The molecule has 70 valence electrons. The minimum atomic E-state index is -0.830. The molecule has 0 fully saturated rings. The normalized spacial score (nSPS) is 9.85. The molecule has 0 aliphatic carbocycles. The highest BCUT2D eigenvalue weighted by atomic mass is 35.5. The van der Waals surface area contributed by atoms with Gasteiger partial charge in [-0.05, 0) is 18.6 Å². The largest absolute Gasteiger partial charge is 0.464 e. The Bertz CT molecular complexity index is 354. The van der Waals surface area contributed by atoms with Gasteiger partial charge in [-0.15, -0.1) is 0 Å². The molecule has 1 rings (SSSR count). The molecular formula is C8H7ClFNO2. The third-order valence-corrected chi connectivity index (χ3v) is 1.68. The Hall–Kier alpha value is -1.16. The van der Waals surface area contributed by atoms with Crippen molar-refractivity contribution in [2.45, 2.75) is 6.92 Å². The van der Waals surface area contributed by atoms with Gasteiger partial charge >= 0.3 is 5.97 Å². The first-order chi connectivity index (χ1) is 6.06. The molecule has 0 unspecified atom stereocenters. The molecule has 13 heavy (non-hydrogen) atoms. The third-order valence-electron chi connectivity index (χ3n) is 1.49. The van der Waals surface area contributed by atoms with Crippen LogP contribution >= 0.6 is 11.6 Å². The highest BCUT2D eigenvalue weighted by Gasteiger charge is 2.16. The summed E-state index contributed by atoms with van der Waals surface area (Å²) in [6.45, 7) is 1.50. The van der Waals surface area contributed by atoms with E-state index < -0.39 is 11.8 Å². The number of hydrogen-bond acceptors (Lipinski definition) is 3. The summed E-state index contributed by atoms with van der Waals surface area (Å²) in [5.74, 6) is -1.53. The van der Waals surface area contributed by atoms with Crippen LogP contribution in [0.3, 0.4) is 0 Å². The predicted octanol–water partition coefficient (Wildman–Crippen LogP) is 1.97. The van der Waals surface area contributed by atoms with Gasteiger partial charge < -0.3 is 4.74 Å². The van der Waals surface area contributed by atoms with E-state index in [1.54, 1.807) is 0 Å². The molecule has 0 saturated heterocycles. The smallest absolute Gasteiger partial charge is 0.359 e. The number of carbonyl (C=O) groups is 1. The average molecular weight is 204 g/mol. The van der Waals surface area contributed by atoms with Gasteiger partial charge in [-0.25, -0.2) is 14.2 Å². The first kappa shape index (κ1) is 9.92. The maximum absolute atomic E-state index is 13.2. The lowest BCUT2D eigenvalue weighted by Crippen LogP contribution is -2.08. The van der Waals surface area contributed by atoms with Crippen molar-refractivity contribution in [3.63, 3.8) is 0 Å². The lowest BCUT2D eigenvalue weighted by atomic mass is 10.2. The van der Waals surface area contributed by atoms with Gasteiger partial charge in [0.2, 0.25) is 0 Å². The fourth-order valence-electron chi connectivity index (χ4n) is 0.849. The van der Waals surface area contributed by atoms with Crippen LogP contribution in [0.15, 0.2) is 6.07 Å². The van der Waals surface area contributed by atoms with Crippen LogP contribution in [-0.2, 0) is 4.74 Å². The van der Waals surface area contributed by atoms with Gasteiger partial charge in [0.05, 0.1) is 7.11 Å². The zero-order valence-electron chi connectivity index (χ0n) is 7.10. The van der Waals surface area contributed by atoms with Crippen molar-refractivity contribution in [3.8, 4) is 0 Å². The van der Waals surface area contributed by atoms with Crippen molar-refractivity contribution >= 4 is 17.6 Å². The van der Waals surface area contributed by atoms with Crippen LogP contribution in [-0.4, -0.2) is 18.1 Å². The summed E-state index contributed by atoms with van der Waals surface area (Å²) < 4.78 is 17.5. The first-order valence-electron chi connectivity index (χ1n) is 3.47. The van der Waals surface area contributed by atoms with E-state index in [9.17, 15) is 9.18 Å². The van der Waals surface area contributed by atoms with Gasteiger partial charge in [-0.2, -0.15) is 0 Å². The lowest BCUT2D eigenvalue weighted by molar-refractivity contribution is 0.0588. The van der Waals surface area contributed by atoms with E-state index in [0.29, 0.717) is 0 Å². The number of hydrogen-bond donors (Lipinski definition) is 0. The second-order valence-corrected chi connectivity index (χ2v) is 2.80. The molecule has 1 heterocycles. The Labute approximate surface area is 79.5 Å². The van der Waals surface area contributed by atoms with Crippen LogP contribution in [0.25, 0.3) is 0 Å². The first-order valence-corrected chi connectivity index (χ1v) is 3.85. The monoisotopic (exact) mass is 203 g/mol. The molecule has 0 aliphatic rings. The van der Waals surface area contributed by atoms with E-state index in [4.69, 9.17) is 11.6 Å². The predicted molar refractivity (Wildman–Crippen MR) is 45.3 cm³/mol. The quantitative estimate of drug-likeness (QED) is 0.518. The zero-order chi connectivity index (χ0) is 10.0. The molecule has 0 saturated carbocycles. The lowest BCUT2D eigenvalue weighted by Gasteiger charge is -2.02. The van der Waals surface area contributed by atoms with Crippen molar-refractivity contribution in [3.05, 3.63) is 28.3 Å². The SMILES string of the molecule is COC(=O)c1nc(Cl)cc(C)c1F. The number of halogens is 2. The van der Waals surface area contributed by atoms with E-state index in [2.05, 4.69) is 9.72 Å². The topological polar surface area (TPSA) is 39.2 Å². The van der Waals surface area contributed by atoms with Crippen LogP contribution in [0.4, 0.5) is 4.39 Å². The standard InChI is InChI=1S/C8H7ClFNO2/c1-4-3-5(9)11-7(6(4)10)8(12)13-2/h3H,1-2H3. The molecule has 0 bridgehead atoms. The molecule has 3 nitrogen and oxygen atoms in total. The highest BCUT2D eigenvalue weighted by Crippen LogP contribution is 2.15. The molecule has 0 N–H and O–H groups in total. The molecule has 0 atom stereocenters. The number of esters is 1. The summed E-state index contributed by atoms with van der Waals surface area (Å²) in [6.07, 6.45) is 0. The van der Waals surface area contributed by atoms with E-state index >= 15 is 0 Å². The Kier molecular flexibility index (Phi) is 2.83. The van der Waals surface area contributed by atoms with Crippen molar-refractivity contribution in [2.24, 2.45) is 0 Å². The molecule has 5 heteroatoms. The van der Waals surface area contributed by atoms with Crippen LogP contribution in [0.2, 0.25) is 5.15 Å². The Balaban J connectivity index is 3.28. The van der Waals surface area contributed by atoms with E-state index in [-0.39, 0.29) is 16.4 Å². The summed E-state index contributed by atoms with van der Waals surface area (Å²) in [5, 5.41) is 0.0688. The maximum Gasteiger partial charge on any atom is 0.359 e. The summed E-state index contributed by atoms with van der Waals surface area (Å²) >= 11 is 5.54. The van der Waals surface area contributed by atoms with Crippen molar-refractivity contribution in [2.75, 3.05) is 7.11 Å². The number of methoxy groups -OCH3 is 1. The Morgan fingerprint density at radius 1 is 1.69 bits per heavy atom. The van der Waals surface area contributed by atoms with Crippen molar-refractivity contribution in [1.82, 2.24) is 4.98 Å². The molecule has 0 radical (unpaired) electrons. The Morgan fingerprint density at radius 3 is 2.85 bits per heavy atom. The fourth-order valence-corrected chi connectivity index (χ4v) is 1.10. The summed E-state index contributed by atoms with van der Waals surface area (Å²) in [6, 6.07) is 1.34. The number of nitrogens with zero attached hydrogens (tertiary/aromatic N) is 1. The zero-order valence-corrected chi connectivity index (χ0v) is 7.85. The second-order valence-electron chi connectivity index (χ2n) is 2.42. The van der Waals surface area contributed by atoms with Crippen LogP contribution in [0.1, 0.15) is 16.1 Å². The van der Waals surface area contributed by atoms with E-state index in [0.717, 1.165) is 7.11 Å². The van der Waals surface area contributed by atoms with Gasteiger partial charge in [-0.3, -0.25) is 0 Å². The maximum atomic E-state index is 13.2. The van der Waals surface area contributed by atoms with E-state index in [1.807, 2.05) is 0 Å². The van der Waals surface area contributed by atoms with E-state index in [1.165, 1.54) is 13.0 Å². The third kappa shape index (κ3) is 1.95. The van der Waals surface area contributed by atoms with Crippen LogP contribution < -0.4 is 0 Å². The second kappa shape index (κ2) is 3.70. The van der Waals surface area contributed by atoms with Crippen LogP contribution in [0, 0.1) is 12.7 Å². The number of aromatic nitrogens is 1. The van der Waals surface area contributed by atoms with Crippen molar-refractivity contribution in [1.29, 1.82) is 0 Å². The van der Waals surface area contributed by atoms with Gasteiger partial charge in [0.25, 0.3) is 0 Å². The minimum absolute atomic E-state index is 0.0688. The molecule has 0 aromatic carbocycles. The molecule has 1 aromatic heterocycles. The van der Waals surface area contributed by atoms with Crippen LogP contribution in [0.5, 0.6) is 0 Å². The molecule has 0 spiro atoms. The van der Waals surface area contributed by atoms with Gasteiger partial charge in [0.15, 0.2) is 11.5 Å². The molecular weight excluding hydrogens is 197 g/mol. The minimum Gasteiger partial charge on any atom is -0.464 e. The molecule has 1 aromatic rings. The average Bonchev–Trinajstić information content (AvgIpc) is 2.10. The fraction of sp³-hybridized carbons (Fsp3) is 0.250. The van der Waals surface area contributed by atoms with Gasteiger partial charge in [-0.1, -0.05) is 11.6 Å². The highest BCUT2D eigenvalue weighted by molar-refractivity contribution is 6.29. The number of aryl methyl sites for hydroxylation is 1. The summed E-state index contributed by atoms with van der Waals surface area (Å²) in [4.78, 5) is 14.5. The van der Waals surface area contributed by atoms with Crippen molar-refractivity contribution < 1.29 is 13.9 Å². The molecule has 0 aliphatic heterocycles. The van der Waals surface area contributed by atoms with Gasteiger partial charge in [0, 0.05) is 0 Å². The number of rotatable bonds is 1. The summed E-state index contributed by atoms with van der Waals surface area (Å²) in [7, 11) is 1.15. The molecule has 0 amide bonds.